The maximum atomic E-state index is 12.3. The highest BCUT2D eigenvalue weighted by atomic mass is 16.9. The summed E-state index contributed by atoms with van der Waals surface area (Å²) in [5.41, 5.74) is 0.318. The fourth-order valence-electron chi connectivity index (χ4n) is 2.13. The molecule has 150 valence electrons. The van der Waals surface area contributed by atoms with Gasteiger partial charge in [-0.2, -0.15) is 0 Å². The first-order chi connectivity index (χ1) is 12.7. The minimum absolute atomic E-state index is 0.0511. The molecule has 0 fully saturated rings. The quantitative estimate of drug-likeness (QED) is 0.286. The van der Waals surface area contributed by atoms with Crippen LogP contribution in [0.15, 0.2) is 30.3 Å². The number of carbonyl (C=O) groups is 2. The van der Waals surface area contributed by atoms with Gasteiger partial charge >= 0.3 is 12.1 Å². The molecule has 9 heteroatoms. The van der Waals surface area contributed by atoms with Gasteiger partial charge in [-0.1, -0.05) is 30.3 Å². The molecule has 1 aromatic carbocycles. The number of alkyl carbamates (subject to hydrolysis) is 1. The Labute approximate surface area is 158 Å². The van der Waals surface area contributed by atoms with Gasteiger partial charge in [-0.25, -0.2) is 9.59 Å². The van der Waals surface area contributed by atoms with Gasteiger partial charge in [0.15, 0.2) is 0 Å². The van der Waals surface area contributed by atoms with Crippen molar-refractivity contribution in [3.05, 3.63) is 46.0 Å². The number of carbonyl (C=O) groups excluding carboxylic acids is 2. The lowest BCUT2D eigenvalue weighted by Gasteiger charge is -2.23. The van der Waals surface area contributed by atoms with E-state index in [9.17, 15) is 19.7 Å². The Morgan fingerprint density at radius 2 is 1.85 bits per heavy atom. The van der Waals surface area contributed by atoms with E-state index in [0.717, 1.165) is 5.56 Å². The minimum Gasteiger partial charge on any atom is -0.464 e. The van der Waals surface area contributed by atoms with E-state index in [-0.39, 0.29) is 19.6 Å². The molecule has 0 aliphatic heterocycles. The van der Waals surface area contributed by atoms with Crippen molar-refractivity contribution in [3.63, 3.8) is 0 Å². The molecule has 0 radical (unpaired) electrons. The van der Waals surface area contributed by atoms with Gasteiger partial charge < -0.3 is 19.6 Å². The Hall–Kier alpha value is -2.84. The molecule has 0 saturated heterocycles. The second-order valence-electron chi connectivity index (χ2n) is 6.80. The van der Waals surface area contributed by atoms with E-state index in [4.69, 9.17) is 9.47 Å². The summed E-state index contributed by atoms with van der Waals surface area (Å²) >= 11 is 0. The summed E-state index contributed by atoms with van der Waals surface area (Å²) in [6.07, 6.45) is 0.341. The third kappa shape index (κ3) is 10.7. The molecule has 1 aromatic rings. The molecular weight excluding hydrogens is 356 g/mol. The highest BCUT2D eigenvalue weighted by Crippen LogP contribution is 2.10. The second-order valence-corrected chi connectivity index (χ2v) is 6.80. The molecule has 0 spiro atoms. The van der Waals surface area contributed by atoms with Crippen molar-refractivity contribution in [1.82, 2.24) is 5.32 Å². The molecule has 1 N–H and O–H groups in total. The number of hydrogen-bond acceptors (Lipinski definition) is 7. The molecule has 9 nitrogen and oxygen atoms in total. The van der Waals surface area contributed by atoms with Gasteiger partial charge in [-0.15, -0.1) is 10.1 Å². The molecule has 0 heterocycles. The van der Waals surface area contributed by atoms with Gasteiger partial charge in [0.05, 0.1) is 13.2 Å². The van der Waals surface area contributed by atoms with E-state index in [1.807, 2.05) is 30.3 Å². The maximum Gasteiger partial charge on any atom is 0.408 e. The summed E-state index contributed by atoms with van der Waals surface area (Å²) in [5, 5.41) is 11.7. The van der Waals surface area contributed by atoms with Crippen LogP contribution < -0.4 is 5.32 Å². The summed E-state index contributed by atoms with van der Waals surface area (Å²) in [6, 6.07) is 8.62. The summed E-state index contributed by atoms with van der Waals surface area (Å²) in [7, 11) is 0. The zero-order chi connectivity index (χ0) is 20.3. The lowest BCUT2D eigenvalue weighted by Crippen LogP contribution is -2.44. The molecule has 0 aromatic heterocycles. The fraction of sp³-hybridized carbons (Fsp3) is 0.556. The van der Waals surface area contributed by atoms with Crippen molar-refractivity contribution in [2.75, 3.05) is 13.2 Å². The highest BCUT2D eigenvalue weighted by Gasteiger charge is 2.25. The standard InChI is InChI=1S/C18H26N2O7/c1-18(2,3)27-17(22)19-15(11-10-14-8-5-4-6-9-14)16(21)25-12-7-13-26-20(23)24/h4-6,8-9,15H,7,10-13H2,1-3H3,(H,19,22)/t15-/m0/s1. The smallest absolute Gasteiger partial charge is 0.408 e. The van der Waals surface area contributed by atoms with Crippen molar-refractivity contribution < 1.29 is 29.0 Å². The van der Waals surface area contributed by atoms with Gasteiger partial charge in [-0.3, -0.25) is 0 Å². The van der Waals surface area contributed by atoms with E-state index < -0.39 is 28.8 Å². The van der Waals surface area contributed by atoms with Crippen LogP contribution in [0.3, 0.4) is 0 Å². The number of benzene rings is 1. The first-order valence-electron chi connectivity index (χ1n) is 8.65. The van der Waals surface area contributed by atoms with E-state index in [1.54, 1.807) is 20.8 Å². The topological polar surface area (TPSA) is 117 Å². The molecule has 27 heavy (non-hydrogen) atoms. The third-order valence-electron chi connectivity index (χ3n) is 3.27. The van der Waals surface area contributed by atoms with E-state index in [2.05, 4.69) is 10.2 Å². The largest absolute Gasteiger partial charge is 0.464 e. The number of nitrogens with zero attached hydrogens (tertiary/aromatic N) is 1. The van der Waals surface area contributed by atoms with Gasteiger partial charge in [0.2, 0.25) is 0 Å². The number of rotatable bonds is 10. The Balaban J connectivity index is 2.58. The molecule has 0 bridgehead atoms. The Morgan fingerprint density at radius 1 is 1.19 bits per heavy atom. The first-order valence-corrected chi connectivity index (χ1v) is 8.65. The molecular formula is C18H26N2O7. The molecule has 0 saturated carbocycles. The molecule has 0 aliphatic carbocycles. The van der Waals surface area contributed by atoms with Gasteiger partial charge in [0.25, 0.3) is 5.09 Å². The van der Waals surface area contributed by atoms with E-state index in [1.165, 1.54) is 0 Å². The average Bonchev–Trinajstić information content (AvgIpc) is 2.57. The van der Waals surface area contributed by atoms with Crippen LogP contribution >= 0.6 is 0 Å². The zero-order valence-corrected chi connectivity index (χ0v) is 15.8. The number of hydrogen-bond donors (Lipinski definition) is 1. The second kappa shape index (κ2) is 11.0. The van der Waals surface area contributed by atoms with Crippen molar-refractivity contribution in [2.45, 2.75) is 51.7 Å². The highest BCUT2D eigenvalue weighted by molar-refractivity contribution is 5.81. The van der Waals surface area contributed by atoms with E-state index in [0.29, 0.717) is 12.8 Å². The number of amides is 1. The van der Waals surface area contributed by atoms with Crippen LogP contribution in [0.4, 0.5) is 4.79 Å². The summed E-state index contributed by atoms with van der Waals surface area (Å²) in [5.74, 6) is -0.627. The molecule has 1 amide bonds. The number of esters is 1. The van der Waals surface area contributed by atoms with Gasteiger partial charge in [0.1, 0.15) is 11.6 Å². The van der Waals surface area contributed by atoms with Crippen molar-refractivity contribution in [3.8, 4) is 0 Å². The Bertz CT molecular complexity index is 614. The predicted octanol–water partition coefficient (Wildman–Crippen LogP) is 2.65. The monoisotopic (exact) mass is 382 g/mol. The minimum atomic E-state index is -0.908. The van der Waals surface area contributed by atoms with Gasteiger partial charge in [-0.05, 0) is 39.2 Å². The van der Waals surface area contributed by atoms with Crippen LogP contribution in [0.1, 0.15) is 39.2 Å². The normalized spacial score (nSPS) is 12.0. The lowest BCUT2D eigenvalue weighted by molar-refractivity contribution is -0.757. The lowest BCUT2D eigenvalue weighted by atomic mass is 10.1. The number of ether oxygens (including phenoxy) is 2. The van der Waals surface area contributed by atoms with Crippen molar-refractivity contribution in [1.29, 1.82) is 0 Å². The third-order valence-corrected chi connectivity index (χ3v) is 3.27. The zero-order valence-electron chi connectivity index (χ0n) is 15.8. The Kier molecular flexibility index (Phi) is 9.04. The molecule has 1 rings (SSSR count). The van der Waals surface area contributed by atoms with Crippen LogP contribution in [-0.2, 0) is 25.5 Å². The van der Waals surface area contributed by atoms with Gasteiger partial charge in [0, 0.05) is 6.42 Å². The summed E-state index contributed by atoms with van der Waals surface area (Å²) < 4.78 is 10.3. The predicted molar refractivity (Wildman–Crippen MR) is 96.4 cm³/mol. The van der Waals surface area contributed by atoms with Crippen LogP contribution in [0.5, 0.6) is 0 Å². The van der Waals surface area contributed by atoms with Crippen LogP contribution in [0, 0.1) is 10.1 Å². The van der Waals surface area contributed by atoms with E-state index >= 15 is 0 Å². The summed E-state index contributed by atoms with van der Waals surface area (Å²) in [4.78, 5) is 38.5. The average molecular weight is 382 g/mol. The van der Waals surface area contributed by atoms with Crippen LogP contribution in [0.2, 0.25) is 0 Å². The molecule has 0 unspecified atom stereocenters. The molecule has 0 aliphatic rings. The SMILES string of the molecule is CC(C)(C)OC(=O)N[C@@H](CCc1ccccc1)C(=O)OCCCO[N+](=O)[O-]. The van der Waals surface area contributed by atoms with Crippen molar-refractivity contribution >= 4 is 12.1 Å². The van der Waals surface area contributed by atoms with Crippen LogP contribution in [-0.4, -0.2) is 42.0 Å². The first kappa shape index (κ1) is 22.2. The van der Waals surface area contributed by atoms with Crippen LogP contribution in [0.25, 0.3) is 0 Å². The fourth-order valence-corrected chi connectivity index (χ4v) is 2.13. The summed E-state index contributed by atoms with van der Waals surface area (Å²) in [6.45, 7) is 4.94. The molecule has 1 atom stereocenters. The Morgan fingerprint density at radius 3 is 2.44 bits per heavy atom. The number of aryl methyl sites for hydroxylation is 1. The van der Waals surface area contributed by atoms with Crippen molar-refractivity contribution in [2.24, 2.45) is 0 Å². The maximum absolute atomic E-state index is 12.3. The number of nitrogens with one attached hydrogen (secondary N) is 1.